The molecular formula is C20H21N5O2. The van der Waals surface area contributed by atoms with Crippen molar-refractivity contribution in [2.45, 2.75) is 38.1 Å². The van der Waals surface area contributed by atoms with Crippen molar-refractivity contribution in [3.05, 3.63) is 47.5 Å². The molecule has 0 atom stereocenters. The SMILES string of the molecule is O=C(Cc1noc2ccccc12)N1CCc2ncnc(NC3CC3)c2CC1. The summed E-state index contributed by atoms with van der Waals surface area (Å²) in [4.78, 5) is 23.7. The van der Waals surface area contributed by atoms with Gasteiger partial charge in [0.25, 0.3) is 0 Å². The Morgan fingerprint density at radius 1 is 1.19 bits per heavy atom. The summed E-state index contributed by atoms with van der Waals surface area (Å²) in [6, 6.07) is 8.19. The zero-order valence-corrected chi connectivity index (χ0v) is 15.0. The first kappa shape index (κ1) is 16.2. The summed E-state index contributed by atoms with van der Waals surface area (Å²) in [7, 11) is 0. The van der Waals surface area contributed by atoms with E-state index in [4.69, 9.17) is 4.52 Å². The molecule has 7 nitrogen and oxygen atoms in total. The van der Waals surface area contributed by atoms with E-state index in [1.807, 2.05) is 29.2 Å². The minimum Gasteiger partial charge on any atom is -0.367 e. The molecule has 0 unspecified atom stereocenters. The van der Waals surface area contributed by atoms with E-state index in [-0.39, 0.29) is 12.3 Å². The summed E-state index contributed by atoms with van der Waals surface area (Å²) in [6.45, 7) is 1.34. The summed E-state index contributed by atoms with van der Waals surface area (Å²) in [5.41, 5.74) is 3.63. The maximum Gasteiger partial charge on any atom is 0.228 e. The zero-order valence-electron chi connectivity index (χ0n) is 15.0. The molecule has 1 aromatic carbocycles. The van der Waals surface area contributed by atoms with E-state index in [1.165, 1.54) is 12.8 Å². The topological polar surface area (TPSA) is 84.2 Å². The molecule has 1 aliphatic carbocycles. The lowest BCUT2D eigenvalue weighted by atomic mass is 10.1. The molecule has 0 spiro atoms. The normalized spacial score (nSPS) is 16.8. The summed E-state index contributed by atoms with van der Waals surface area (Å²) in [5, 5.41) is 8.50. The summed E-state index contributed by atoms with van der Waals surface area (Å²) in [6.07, 6.45) is 5.82. The van der Waals surface area contributed by atoms with E-state index in [2.05, 4.69) is 20.4 Å². The van der Waals surface area contributed by atoms with Gasteiger partial charge in [-0.05, 0) is 31.4 Å². The predicted molar refractivity (Wildman–Crippen MR) is 100 cm³/mol. The Labute approximate surface area is 156 Å². The molecule has 3 heterocycles. The summed E-state index contributed by atoms with van der Waals surface area (Å²) in [5.74, 6) is 1.02. The lowest BCUT2D eigenvalue weighted by molar-refractivity contribution is -0.130. The fourth-order valence-corrected chi connectivity index (χ4v) is 3.64. The first-order valence-corrected chi connectivity index (χ1v) is 9.48. The van der Waals surface area contributed by atoms with E-state index < -0.39 is 0 Å². The number of amides is 1. The Morgan fingerprint density at radius 3 is 2.93 bits per heavy atom. The van der Waals surface area contributed by atoms with E-state index in [1.54, 1.807) is 6.33 Å². The van der Waals surface area contributed by atoms with E-state index in [9.17, 15) is 4.79 Å². The standard InChI is InChI=1S/C20H21N5O2/c26-19(11-17-14-3-1-2-4-18(14)27-24-17)25-9-7-15-16(8-10-25)21-12-22-20(15)23-13-5-6-13/h1-4,12-13H,5-11H2,(H,21,22,23). The first-order valence-electron chi connectivity index (χ1n) is 9.48. The number of carbonyl (C=O) groups is 1. The number of nitrogens with zero attached hydrogens (tertiary/aromatic N) is 4. The molecule has 27 heavy (non-hydrogen) atoms. The molecule has 0 bridgehead atoms. The Balaban J connectivity index is 1.31. The van der Waals surface area contributed by atoms with Crippen LogP contribution < -0.4 is 5.32 Å². The Bertz CT molecular complexity index is 995. The number of para-hydroxylation sites is 1. The molecule has 5 rings (SSSR count). The average molecular weight is 363 g/mol. The third-order valence-corrected chi connectivity index (χ3v) is 5.33. The quantitative estimate of drug-likeness (QED) is 0.766. The van der Waals surface area contributed by atoms with Crippen LogP contribution in [0.5, 0.6) is 0 Å². The Morgan fingerprint density at radius 2 is 2.04 bits per heavy atom. The van der Waals surface area contributed by atoms with Crippen LogP contribution in [0.4, 0.5) is 5.82 Å². The van der Waals surface area contributed by atoms with Gasteiger partial charge < -0.3 is 14.7 Å². The molecule has 1 N–H and O–H groups in total. The molecule has 7 heteroatoms. The van der Waals surface area contributed by atoms with Crippen LogP contribution in [-0.4, -0.2) is 45.1 Å². The number of rotatable bonds is 4. The summed E-state index contributed by atoms with van der Waals surface area (Å²) >= 11 is 0. The molecule has 0 radical (unpaired) electrons. The van der Waals surface area contributed by atoms with Gasteiger partial charge in [0.2, 0.25) is 5.91 Å². The minimum absolute atomic E-state index is 0.0755. The van der Waals surface area contributed by atoms with Crippen LogP contribution in [0.15, 0.2) is 35.1 Å². The van der Waals surface area contributed by atoms with Crippen LogP contribution in [0.3, 0.4) is 0 Å². The molecule has 1 fully saturated rings. The lowest BCUT2D eigenvalue weighted by Crippen LogP contribution is -2.34. The zero-order chi connectivity index (χ0) is 18.2. The number of anilines is 1. The van der Waals surface area contributed by atoms with Gasteiger partial charge in [-0.2, -0.15) is 0 Å². The number of hydrogen-bond acceptors (Lipinski definition) is 6. The van der Waals surface area contributed by atoms with Crippen LogP contribution in [0.2, 0.25) is 0 Å². The minimum atomic E-state index is 0.0755. The fourth-order valence-electron chi connectivity index (χ4n) is 3.64. The van der Waals surface area contributed by atoms with Gasteiger partial charge in [0.15, 0.2) is 5.58 Å². The fraction of sp³-hybridized carbons (Fsp3) is 0.400. The number of nitrogens with one attached hydrogen (secondary N) is 1. The molecule has 1 amide bonds. The third-order valence-electron chi connectivity index (χ3n) is 5.33. The van der Waals surface area contributed by atoms with Crippen molar-refractivity contribution in [3.63, 3.8) is 0 Å². The van der Waals surface area contributed by atoms with Crippen molar-refractivity contribution in [1.82, 2.24) is 20.0 Å². The smallest absolute Gasteiger partial charge is 0.228 e. The second-order valence-electron chi connectivity index (χ2n) is 7.25. The lowest BCUT2D eigenvalue weighted by Gasteiger charge is -2.19. The number of benzene rings is 1. The highest BCUT2D eigenvalue weighted by molar-refractivity contribution is 5.86. The van der Waals surface area contributed by atoms with Gasteiger partial charge in [0, 0.05) is 36.5 Å². The van der Waals surface area contributed by atoms with Gasteiger partial charge in [-0.1, -0.05) is 17.3 Å². The highest BCUT2D eigenvalue weighted by atomic mass is 16.5. The van der Waals surface area contributed by atoms with Crippen molar-refractivity contribution < 1.29 is 9.32 Å². The first-order chi connectivity index (χ1) is 13.3. The van der Waals surface area contributed by atoms with Gasteiger partial charge >= 0.3 is 0 Å². The largest absolute Gasteiger partial charge is 0.367 e. The maximum atomic E-state index is 12.9. The molecule has 3 aromatic rings. The number of hydrogen-bond donors (Lipinski definition) is 1. The monoisotopic (exact) mass is 363 g/mol. The molecule has 2 aliphatic rings. The molecule has 1 saturated carbocycles. The van der Waals surface area contributed by atoms with Crippen LogP contribution in [0, 0.1) is 0 Å². The number of aromatic nitrogens is 3. The van der Waals surface area contributed by atoms with E-state index >= 15 is 0 Å². The van der Waals surface area contributed by atoms with E-state index in [0.717, 1.165) is 40.9 Å². The van der Waals surface area contributed by atoms with Gasteiger partial charge in [0.1, 0.15) is 17.8 Å². The van der Waals surface area contributed by atoms with Crippen molar-refractivity contribution in [1.29, 1.82) is 0 Å². The van der Waals surface area contributed by atoms with Gasteiger partial charge in [0.05, 0.1) is 12.1 Å². The van der Waals surface area contributed by atoms with Crippen molar-refractivity contribution in [3.8, 4) is 0 Å². The van der Waals surface area contributed by atoms with Gasteiger partial charge in [-0.25, -0.2) is 9.97 Å². The molecule has 1 aliphatic heterocycles. The van der Waals surface area contributed by atoms with Crippen molar-refractivity contribution >= 4 is 22.7 Å². The Hall–Kier alpha value is -2.96. The highest BCUT2D eigenvalue weighted by Gasteiger charge is 2.26. The molecular weight excluding hydrogens is 342 g/mol. The Kier molecular flexibility index (Phi) is 3.99. The van der Waals surface area contributed by atoms with Crippen LogP contribution in [-0.2, 0) is 24.1 Å². The predicted octanol–water partition coefficient (Wildman–Crippen LogP) is 2.36. The van der Waals surface area contributed by atoms with Crippen LogP contribution in [0.1, 0.15) is 29.8 Å². The maximum absolute atomic E-state index is 12.9. The average Bonchev–Trinajstić information content (AvgIpc) is 3.45. The van der Waals surface area contributed by atoms with Gasteiger partial charge in [-0.3, -0.25) is 4.79 Å². The highest BCUT2D eigenvalue weighted by Crippen LogP contribution is 2.28. The molecule has 2 aromatic heterocycles. The number of fused-ring (bicyclic) bond motifs is 2. The van der Waals surface area contributed by atoms with Crippen LogP contribution >= 0.6 is 0 Å². The second-order valence-corrected chi connectivity index (χ2v) is 7.25. The summed E-state index contributed by atoms with van der Waals surface area (Å²) < 4.78 is 5.32. The van der Waals surface area contributed by atoms with Crippen molar-refractivity contribution in [2.24, 2.45) is 0 Å². The number of carbonyl (C=O) groups excluding carboxylic acids is 1. The molecule has 0 saturated heterocycles. The van der Waals surface area contributed by atoms with Crippen molar-refractivity contribution in [2.75, 3.05) is 18.4 Å². The van der Waals surface area contributed by atoms with Gasteiger partial charge in [-0.15, -0.1) is 0 Å². The van der Waals surface area contributed by atoms with Crippen LogP contribution in [0.25, 0.3) is 11.0 Å². The molecule has 138 valence electrons. The van der Waals surface area contributed by atoms with E-state index in [0.29, 0.717) is 24.8 Å². The second kappa shape index (κ2) is 6.64. The third kappa shape index (κ3) is 3.25.